The van der Waals surface area contributed by atoms with Crippen molar-refractivity contribution in [3.8, 4) is 0 Å². The molecule has 0 bridgehead atoms. The number of amides is 1. The van der Waals surface area contributed by atoms with Crippen molar-refractivity contribution in [1.82, 2.24) is 9.97 Å². The third kappa shape index (κ3) is 2.89. The number of carbonyl (C=O) groups is 1. The van der Waals surface area contributed by atoms with Gasteiger partial charge in [0.15, 0.2) is 11.6 Å². The summed E-state index contributed by atoms with van der Waals surface area (Å²) in [6.07, 6.45) is 0.0521. The second-order valence-electron chi connectivity index (χ2n) is 4.04. The maximum Gasteiger partial charge on any atom is 0.211 e. The highest BCUT2D eigenvalue weighted by molar-refractivity contribution is 5.85. The van der Waals surface area contributed by atoms with Gasteiger partial charge in [0.1, 0.15) is 24.3 Å². The maximum absolute atomic E-state index is 10.5. The van der Waals surface area contributed by atoms with E-state index in [2.05, 4.69) is 20.6 Å². The first-order valence-electron chi connectivity index (χ1n) is 5.67. The number of carbonyl (C=O) groups excluding carboxylic acids is 1. The van der Waals surface area contributed by atoms with Crippen LogP contribution >= 0.6 is 0 Å². The molecule has 1 aromatic heterocycles. The predicted molar refractivity (Wildman–Crippen MR) is 66.1 cm³/mol. The molecule has 1 saturated heterocycles. The van der Waals surface area contributed by atoms with Crippen LogP contribution in [0.4, 0.5) is 17.3 Å². The number of aromatic nitrogens is 2. The van der Waals surface area contributed by atoms with Crippen molar-refractivity contribution in [3.05, 3.63) is 6.33 Å². The normalized spacial score (nSPS) is 26.1. The van der Waals surface area contributed by atoms with Gasteiger partial charge in [0.25, 0.3) is 0 Å². The van der Waals surface area contributed by atoms with E-state index in [0.29, 0.717) is 6.41 Å². The molecule has 1 fully saturated rings. The molecule has 1 unspecified atom stereocenters. The van der Waals surface area contributed by atoms with E-state index in [0.717, 1.165) is 0 Å². The van der Waals surface area contributed by atoms with E-state index in [1.807, 2.05) is 0 Å². The van der Waals surface area contributed by atoms with Gasteiger partial charge in [0.05, 0.1) is 12.7 Å². The minimum atomic E-state index is -0.760. The summed E-state index contributed by atoms with van der Waals surface area (Å²) < 4.78 is 5.37. The van der Waals surface area contributed by atoms with Gasteiger partial charge in [0.2, 0.25) is 6.41 Å². The number of anilines is 3. The molecule has 0 saturated carbocycles. The number of nitrogen functional groups attached to an aromatic ring is 1. The monoisotopic (exact) mass is 269 g/mol. The van der Waals surface area contributed by atoms with Crippen LogP contribution in [0.1, 0.15) is 6.42 Å². The summed E-state index contributed by atoms with van der Waals surface area (Å²) in [5, 5.41) is 23.9. The Morgan fingerprint density at radius 2 is 2.37 bits per heavy atom. The first-order chi connectivity index (χ1) is 9.15. The Kier molecular flexibility index (Phi) is 4.10. The summed E-state index contributed by atoms with van der Waals surface area (Å²) in [5.41, 5.74) is 5.86. The zero-order chi connectivity index (χ0) is 13.8. The minimum Gasteiger partial charge on any atom is -0.394 e. The van der Waals surface area contributed by atoms with Crippen molar-refractivity contribution in [2.75, 3.05) is 23.0 Å². The topological polar surface area (TPSA) is 143 Å². The van der Waals surface area contributed by atoms with E-state index >= 15 is 0 Å². The third-order valence-electron chi connectivity index (χ3n) is 2.78. The molecular weight excluding hydrogens is 254 g/mol. The summed E-state index contributed by atoms with van der Waals surface area (Å²) >= 11 is 0. The largest absolute Gasteiger partial charge is 0.394 e. The lowest BCUT2D eigenvalue weighted by molar-refractivity contribution is -0.105. The van der Waals surface area contributed by atoms with E-state index in [9.17, 15) is 9.90 Å². The number of nitrogens with one attached hydrogen (secondary N) is 2. The highest BCUT2D eigenvalue weighted by Gasteiger charge is 2.33. The molecule has 1 aliphatic heterocycles. The van der Waals surface area contributed by atoms with Crippen LogP contribution in [-0.4, -0.2) is 51.6 Å². The number of hydrogen-bond acceptors (Lipinski definition) is 8. The lowest BCUT2D eigenvalue weighted by Crippen LogP contribution is -2.25. The van der Waals surface area contributed by atoms with Crippen LogP contribution in [0.15, 0.2) is 6.33 Å². The highest BCUT2D eigenvalue weighted by atomic mass is 16.5. The summed E-state index contributed by atoms with van der Waals surface area (Å²) in [7, 11) is 0. The number of rotatable bonds is 5. The van der Waals surface area contributed by atoms with Crippen molar-refractivity contribution < 1.29 is 19.7 Å². The van der Waals surface area contributed by atoms with Gasteiger partial charge in [-0.15, -0.1) is 0 Å². The van der Waals surface area contributed by atoms with E-state index < -0.39 is 18.4 Å². The molecule has 1 amide bonds. The molecule has 104 valence electrons. The summed E-state index contributed by atoms with van der Waals surface area (Å²) in [6, 6.07) is 0. The van der Waals surface area contributed by atoms with Crippen molar-refractivity contribution >= 4 is 23.7 Å². The molecule has 1 aliphatic rings. The quantitative estimate of drug-likeness (QED) is 0.407. The predicted octanol–water partition coefficient (Wildman–Crippen LogP) is -1.49. The zero-order valence-electron chi connectivity index (χ0n) is 9.98. The van der Waals surface area contributed by atoms with Gasteiger partial charge >= 0.3 is 0 Å². The second-order valence-corrected chi connectivity index (χ2v) is 4.04. The minimum absolute atomic E-state index is 0.113. The van der Waals surface area contributed by atoms with Crippen LogP contribution in [0.5, 0.6) is 0 Å². The Hall–Kier alpha value is -1.97. The molecule has 9 nitrogen and oxygen atoms in total. The fraction of sp³-hybridized carbons (Fsp3) is 0.500. The lowest BCUT2D eigenvalue weighted by Gasteiger charge is -2.16. The summed E-state index contributed by atoms with van der Waals surface area (Å²) in [4.78, 5) is 18.2. The van der Waals surface area contributed by atoms with E-state index in [1.54, 1.807) is 0 Å². The molecule has 0 spiro atoms. The SMILES string of the molecule is Nc1ncnc(NC2C[C@H](O)[C@@H](CO)O2)c1NC=O. The molecule has 2 rings (SSSR count). The van der Waals surface area contributed by atoms with Crippen molar-refractivity contribution in [2.24, 2.45) is 0 Å². The molecule has 0 aromatic carbocycles. The van der Waals surface area contributed by atoms with Crippen LogP contribution in [0, 0.1) is 0 Å². The molecule has 1 aromatic rings. The standard InChI is InChI=1S/C10H15N5O4/c11-9-8(14-4-17)10(13-3-12-9)15-7-1-5(18)6(2-16)19-7/h3-7,16,18H,1-2H2,(H,14,17)(H3,11,12,13,15)/t5-,6+,7?/m0/s1. The van der Waals surface area contributed by atoms with E-state index in [1.165, 1.54) is 6.33 Å². The number of nitrogens with two attached hydrogens (primary N) is 1. The Bertz CT molecular complexity index is 458. The number of hydrogen-bond donors (Lipinski definition) is 5. The molecular formula is C10H15N5O4. The van der Waals surface area contributed by atoms with Crippen LogP contribution in [-0.2, 0) is 9.53 Å². The van der Waals surface area contributed by atoms with Gasteiger partial charge in [-0.3, -0.25) is 4.79 Å². The third-order valence-corrected chi connectivity index (χ3v) is 2.78. The first kappa shape index (κ1) is 13.5. The van der Waals surface area contributed by atoms with E-state index in [4.69, 9.17) is 15.6 Å². The van der Waals surface area contributed by atoms with Gasteiger partial charge < -0.3 is 31.3 Å². The van der Waals surface area contributed by atoms with Crippen LogP contribution in [0.3, 0.4) is 0 Å². The van der Waals surface area contributed by atoms with Gasteiger partial charge in [-0.1, -0.05) is 0 Å². The Labute approximate surface area is 108 Å². The van der Waals surface area contributed by atoms with Crippen molar-refractivity contribution in [1.29, 1.82) is 0 Å². The van der Waals surface area contributed by atoms with Gasteiger partial charge in [-0.25, -0.2) is 9.97 Å². The maximum atomic E-state index is 10.5. The van der Waals surface area contributed by atoms with Gasteiger partial charge in [-0.2, -0.15) is 0 Å². The lowest BCUT2D eigenvalue weighted by atomic mass is 10.2. The van der Waals surface area contributed by atoms with Crippen LogP contribution in [0.2, 0.25) is 0 Å². The first-order valence-corrected chi connectivity index (χ1v) is 5.67. The smallest absolute Gasteiger partial charge is 0.211 e. The number of aliphatic hydroxyl groups excluding tert-OH is 2. The fourth-order valence-corrected chi connectivity index (χ4v) is 1.85. The summed E-state index contributed by atoms with van der Waals surface area (Å²) in [6.45, 7) is -0.273. The number of aliphatic hydroxyl groups is 2. The molecule has 9 heteroatoms. The van der Waals surface area contributed by atoms with E-state index in [-0.39, 0.29) is 30.4 Å². The van der Waals surface area contributed by atoms with Gasteiger partial charge in [-0.05, 0) is 0 Å². The average molecular weight is 269 g/mol. The highest BCUT2D eigenvalue weighted by Crippen LogP contribution is 2.27. The molecule has 0 radical (unpaired) electrons. The van der Waals surface area contributed by atoms with Gasteiger partial charge in [0, 0.05) is 6.42 Å². The fourth-order valence-electron chi connectivity index (χ4n) is 1.85. The summed E-state index contributed by atoms with van der Waals surface area (Å²) in [5.74, 6) is 0.400. The molecule has 19 heavy (non-hydrogen) atoms. The molecule has 2 heterocycles. The number of nitrogens with zero attached hydrogens (tertiary/aromatic N) is 2. The molecule has 6 N–H and O–H groups in total. The second kappa shape index (κ2) is 5.78. The molecule has 3 atom stereocenters. The van der Waals surface area contributed by atoms with Crippen LogP contribution < -0.4 is 16.4 Å². The zero-order valence-corrected chi connectivity index (χ0v) is 9.98. The molecule has 0 aliphatic carbocycles. The Morgan fingerprint density at radius 1 is 1.58 bits per heavy atom. The van der Waals surface area contributed by atoms with Crippen LogP contribution in [0.25, 0.3) is 0 Å². The van der Waals surface area contributed by atoms with Crippen molar-refractivity contribution in [2.45, 2.75) is 24.9 Å². The Morgan fingerprint density at radius 3 is 3.00 bits per heavy atom. The number of ether oxygens (including phenoxy) is 1. The Balaban J connectivity index is 2.11. The van der Waals surface area contributed by atoms with Crippen molar-refractivity contribution in [3.63, 3.8) is 0 Å². The average Bonchev–Trinajstić information content (AvgIpc) is 2.74.